The van der Waals surface area contributed by atoms with Crippen molar-refractivity contribution in [1.29, 1.82) is 0 Å². The van der Waals surface area contributed by atoms with E-state index in [9.17, 15) is 0 Å². The van der Waals surface area contributed by atoms with Gasteiger partial charge in [0.15, 0.2) is 0 Å². The maximum atomic E-state index is 6.58. The third-order valence-corrected chi connectivity index (χ3v) is 4.14. The maximum absolute atomic E-state index is 6.58. The van der Waals surface area contributed by atoms with Gasteiger partial charge in [-0.2, -0.15) is 0 Å². The van der Waals surface area contributed by atoms with Crippen molar-refractivity contribution in [1.82, 2.24) is 0 Å². The molecule has 2 N–H and O–H groups in total. The van der Waals surface area contributed by atoms with Crippen molar-refractivity contribution in [2.45, 2.75) is 44.6 Å². The summed E-state index contributed by atoms with van der Waals surface area (Å²) in [4.78, 5) is 0. The number of hydrogen-bond acceptors (Lipinski definition) is 2. The Balaban J connectivity index is 2.22. The number of benzene rings is 1. The Morgan fingerprint density at radius 1 is 1.24 bits per heavy atom. The predicted molar refractivity (Wildman–Crippen MR) is 71.1 cm³/mol. The van der Waals surface area contributed by atoms with Crippen LogP contribution in [0.25, 0.3) is 0 Å². The fraction of sp³-hybridized carbons (Fsp3) is 0.600. The molecule has 2 heteroatoms. The van der Waals surface area contributed by atoms with Crippen LogP contribution in [0.15, 0.2) is 24.3 Å². The molecule has 1 fully saturated rings. The van der Waals surface area contributed by atoms with Crippen molar-refractivity contribution in [3.8, 4) is 5.75 Å². The second kappa shape index (κ2) is 5.09. The minimum atomic E-state index is -0.227. The van der Waals surface area contributed by atoms with E-state index in [1.165, 1.54) is 37.7 Å². The number of hydrogen-bond donors (Lipinski definition) is 1. The lowest BCUT2D eigenvalue weighted by Gasteiger charge is -2.37. The molecule has 1 aromatic carbocycles. The summed E-state index contributed by atoms with van der Waals surface area (Å²) in [6.07, 6.45) is 6.52. The van der Waals surface area contributed by atoms with Crippen LogP contribution in [0.2, 0.25) is 0 Å². The molecule has 1 atom stereocenters. The first kappa shape index (κ1) is 12.4. The zero-order valence-electron chi connectivity index (χ0n) is 10.9. The smallest absolute Gasteiger partial charge is 0.119 e. The molecular weight excluding hydrogens is 210 g/mol. The molecule has 1 aromatic rings. The van der Waals surface area contributed by atoms with E-state index in [4.69, 9.17) is 10.5 Å². The first-order chi connectivity index (χ1) is 8.14. The van der Waals surface area contributed by atoms with Crippen molar-refractivity contribution in [3.63, 3.8) is 0 Å². The van der Waals surface area contributed by atoms with Crippen LogP contribution in [0.5, 0.6) is 5.75 Å². The molecule has 1 unspecified atom stereocenters. The average Bonchev–Trinajstić information content (AvgIpc) is 2.40. The van der Waals surface area contributed by atoms with Crippen LogP contribution in [-0.4, -0.2) is 7.11 Å². The van der Waals surface area contributed by atoms with Crippen LogP contribution < -0.4 is 10.5 Å². The molecule has 1 saturated carbocycles. The molecule has 17 heavy (non-hydrogen) atoms. The molecule has 0 amide bonds. The van der Waals surface area contributed by atoms with Gasteiger partial charge in [-0.25, -0.2) is 0 Å². The normalized spacial score (nSPS) is 20.9. The number of rotatable bonds is 3. The Morgan fingerprint density at radius 2 is 1.94 bits per heavy atom. The molecule has 2 rings (SSSR count). The Kier molecular flexibility index (Phi) is 3.72. The summed E-state index contributed by atoms with van der Waals surface area (Å²) in [5.41, 5.74) is 7.55. The third-order valence-electron chi connectivity index (χ3n) is 4.14. The monoisotopic (exact) mass is 233 g/mol. The van der Waals surface area contributed by atoms with Gasteiger partial charge in [0.05, 0.1) is 7.11 Å². The number of nitrogens with two attached hydrogens (primary N) is 1. The van der Waals surface area contributed by atoms with Crippen LogP contribution in [0.1, 0.15) is 44.6 Å². The zero-order valence-corrected chi connectivity index (χ0v) is 10.9. The largest absolute Gasteiger partial charge is 0.497 e. The van der Waals surface area contributed by atoms with Crippen molar-refractivity contribution in [2.24, 2.45) is 11.7 Å². The highest BCUT2D eigenvalue weighted by Gasteiger charge is 2.32. The van der Waals surface area contributed by atoms with Gasteiger partial charge in [0.2, 0.25) is 0 Å². The van der Waals surface area contributed by atoms with E-state index in [0.717, 1.165) is 5.75 Å². The Labute approximate surface area is 104 Å². The molecule has 0 aromatic heterocycles. The SMILES string of the molecule is COc1cccc(C(C)(N)C2CCCCC2)c1. The standard InChI is InChI=1S/C15H23NO/c1-15(16,12-7-4-3-5-8-12)13-9-6-10-14(11-13)17-2/h6,9-12H,3-5,7-8,16H2,1-2H3. The molecule has 94 valence electrons. The summed E-state index contributed by atoms with van der Waals surface area (Å²) in [6.45, 7) is 2.16. The van der Waals surface area contributed by atoms with Crippen LogP contribution in [0.3, 0.4) is 0 Å². The minimum Gasteiger partial charge on any atom is -0.497 e. The molecule has 0 radical (unpaired) electrons. The van der Waals surface area contributed by atoms with Crippen LogP contribution in [0, 0.1) is 5.92 Å². The summed E-state index contributed by atoms with van der Waals surface area (Å²) >= 11 is 0. The zero-order chi connectivity index (χ0) is 12.3. The summed E-state index contributed by atoms with van der Waals surface area (Å²) < 4.78 is 5.28. The van der Waals surface area contributed by atoms with Crippen LogP contribution >= 0.6 is 0 Å². The predicted octanol–water partition coefficient (Wildman–Crippen LogP) is 3.45. The van der Waals surface area contributed by atoms with Crippen molar-refractivity contribution >= 4 is 0 Å². The van der Waals surface area contributed by atoms with Gasteiger partial charge in [0.25, 0.3) is 0 Å². The van der Waals surface area contributed by atoms with Gasteiger partial charge in [0, 0.05) is 5.54 Å². The summed E-state index contributed by atoms with van der Waals surface area (Å²) in [6, 6.07) is 8.20. The van der Waals surface area contributed by atoms with Gasteiger partial charge < -0.3 is 10.5 Å². The quantitative estimate of drug-likeness (QED) is 0.868. The van der Waals surface area contributed by atoms with E-state index in [-0.39, 0.29) is 5.54 Å². The Morgan fingerprint density at radius 3 is 2.59 bits per heavy atom. The first-order valence-corrected chi connectivity index (χ1v) is 6.58. The highest BCUT2D eigenvalue weighted by atomic mass is 16.5. The first-order valence-electron chi connectivity index (χ1n) is 6.58. The molecule has 2 nitrogen and oxygen atoms in total. The van der Waals surface area contributed by atoms with Crippen molar-refractivity contribution < 1.29 is 4.74 Å². The fourth-order valence-corrected chi connectivity index (χ4v) is 2.90. The third kappa shape index (κ3) is 2.63. The van der Waals surface area contributed by atoms with Gasteiger partial charge in [-0.05, 0) is 43.4 Å². The lowest BCUT2D eigenvalue weighted by Crippen LogP contribution is -2.42. The van der Waals surface area contributed by atoms with Crippen LogP contribution in [-0.2, 0) is 5.54 Å². The van der Waals surface area contributed by atoms with Crippen LogP contribution in [0.4, 0.5) is 0 Å². The molecule has 1 aliphatic rings. The Bertz CT molecular complexity index is 367. The molecule has 0 aliphatic heterocycles. The fourth-order valence-electron chi connectivity index (χ4n) is 2.90. The van der Waals surface area contributed by atoms with E-state index in [1.54, 1.807) is 7.11 Å². The van der Waals surface area contributed by atoms with Gasteiger partial charge in [-0.15, -0.1) is 0 Å². The highest BCUT2D eigenvalue weighted by molar-refractivity contribution is 5.33. The van der Waals surface area contributed by atoms with Gasteiger partial charge in [-0.1, -0.05) is 31.4 Å². The maximum Gasteiger partial charge on any atom is 0.119 e. The molecule has 0 heterocycles. The molecular formula is C15H23NO. The Hall–Kier alpha value is -1.02. The highest BCUT2D eigenvalue weighted by Crippen LogP contribution is 2.38. The van der Waals surface area contributed by atoms with E-state index in [1.807, 2.05) is 12.1 Å². The van der Waals surface area contributed by atoms with Gasteiger partial charge in [-0.3, -0.25) is 0 Å². The second-order valence-electron chi connectivity index (χ2n) is 5.35. The van der Waals surface area contributed by atoms with Crippen molar-refractivity contribution in [2.75, 3.05) is 7.11 Å². The molecule has 0 saturated heterocycles. The molecule has 1 aliphatic carbocycles. The second-order valence-corrected chi connectivity index (χ2v) is 5.35. The van der Waals surface area contributed by atoms with Gasteiger partial charge >= 0.3 is 0 Å². The summed E-state index contributed by atoms with van der Waals surface area (Å²) in [5, 5.41) is 0. The van der Waals surface area contributed by atoms with E-state index in [0.29, 0.717) is 5.92 Å². The van der Waals surface area contributed by atoms with Gasteiger partial charge in [0.1, 0.15) is 5.75 Å². The van der Waals surface area contributed by atoms with E-state index in [2.05, 4.69) is 19.1 Å². The molecule has 0 spiro atoms. The summed E-state index contributed by atoms with van der Waals surface area (Å²) in [7, 11) is 1.70. The molecule has 0 bridgehead atoms. The summed E-state index contributed by atoms with van der Waals surface area (Å²) in [5.74, 6) is 1.50. The number of ether oxygens (including phenoxy) is 1. The van der Waals surface area contributed by atoms with E-state index < -0.39 is 0 Å². The number of methoxy groups -OCH3 is 1. The lowest BCUT2D eigenvalue weighted by molar-refractivity contribution is 0.224. The van der Waals surface area contributed by atoms with E-state index >= 15 is 0 Å². The van der Waals surface area contributed by atoms with Crippen molar-refractivity contribution in [3.05, 3.63) is 29.8 Å². The minimum absolute atomic E-state index is 0.227. The average molecular weight is 233 g/mol. The lowest BCUT2D eigenvalue weighted by atomic mass is 9.73. The topological polar surface area (TPSA) is 35.2 Å².